The lowest BCUT2D eigenvalue weighted by Crippen LogP contribution is -1.95. The molecule has 1 atom stereocenters. The van der Waals surface area contributed by atoms with Gasteiger partial charge < -0.3 is 5.11 Å². The van der Waals surface area contributed by atoms with Gasteiger partial charge in [0.2, 0.25) is 0 Å². The van der Waals surface area contributed by atoms with Crippen LogP contribution in [0.5, 0.6) is 0 Å². The molecule has 0 aliphatic carbocycles. The standard InChI is InChI=1S/C8H8O/c1-3-5-7-8(9)6-4-2/h1,4,6,8-9H,2H3/b6-4+. The quantitative estimate of drug-likeness (QED) is 0.396. The van der Waals surface area contributed by atoms with Crippen molar-refractivity contribution in [1.29, 1.82) is 0 Å². The van der Waals surface area contributed by atoms with E-state index in [-0.39, 0.29) is 0 Å². The molecule has 0 spiro atoms. The zero-order valence-corrected chi connectivity index (χ0v) is 5.26. The van der Waals surface area contributed by atoms with Gasteiger partial charge in [0.05, 0.1) is 0 Å². The average molecular weight is 120 g/mol. The second-order valence-corrected chi connectivity index (χ2v) is 1.38. The van der Waals surface area contributed by atoms with Crippen molar-refractivity contribution in [3.63, 3.8) is 0 Å². The van der Waals surface area contributed by atoms with Crippen molar-refractivity contribution in [2.24, 2.45) is 0 Å². The van der Waals surface area contributed by atoms with E-state index in [4.69, 9.17) is 11.5 Å². The minimum Gasteiger partial charge on any atom is -0.377 e. The van der Waals surface area contributed by atoms with E-state index >= 15 is 0 Å². The summed E-state index contributed by atoms with van der Waals surface area (Å²) >= 11 is 0. The number of hydrogen-bond donors (Lipinski definition) is 1. The first-order valence-corrected chi connectivity index (χ1v) is 2.58. The number of allylic oxidation sites excluding steroid dienone is 1. The molecule has 0 aromatic rings. The Bertz CT molecular complexity index is 185. The molecule has 1 nitrogen and oxygen atoms in total. The topological polar surface area (TPSA) is 20.2 Å². The van der Waals surface area contributed by atoms with Crippen LogP contribution in [0.25, 0.3) is 0 Å². The third kappa shape index (κ3) is 4.68. The van der Waals surface area contributed by atoms with Gasteiger partial charge in [-0.25, -0.2) is 0 Å². The van der Waals surface area contributed by atoms with Gasteiger partial charge >= 0.3 is 0 Å². The molecule has 0 amide bonds. The highest BCUT2D eigenvalue weighted by Crippen LogP contribution is 1.80. The molecule has 0 aliphatic rings. The van der Waals surface area contributed by atoms with E-state index in [0.29, 0.717) is 0 Å². The Morgan fingerprint density at radius 3 is 2.78 bits per heavy atom. The van der Waals surface area contributed by atoms with Crippen LogP contribution in [0.15, 0.2) is 12.2 Å². The van der Waals surface area contributed by atoms with E-state index < -0.39 is 6.10 Å². The normalized spacial score (nSPS) is 11.7. The molecular weight excluding hydrogens is 112 g/mol. The summed E-state index contributed by atoms with van der Waals surface area (Å²) in [7, 11) is 0. The average Bonchev–Trinajstić information content (AvgIpc) is 1.85. The van der Waals surface area contributed by atoms with E-state index in [9.17, 15) is 0 Å². The molecule has 46 valence electrons. The molecule has 0 aromatic carbocycles. The third-order valence-corrected chi connectivity index (χ3v) is 0.667. The Balaban J connectivity index is 3.79. The van der Waals surface area contributed by atoms with E-state index in [1.165, 1.54) is 0 Å². The van der Waals surface area contributed by atoms with Crippen LogP contribution in [-0.2, 0) is 0 Å². The van der Waals surface area contributed by atoms with Crippen LogP contribution in [0.2, 0.25) is 0 Å². The molecule has 0 rings (SSSR count). The fraction of sp³-hybridized carbons (Fsp3) is 0.250. The van der Waals surface area contributed by atoms with E-state index in [2.05, 4.69) is 17.8 Å². The Kier molecular flexibility index (Phi) is 4.32. The Hall–Kier alpha value is -1.18. The summed E-state index contributed by atoms with van der Waals surface area (Å²) in [6, 6.07) is 0. The van der Waals surface area contributed by atoms with E-state index in [1.54, 1.807) is 19.1 Å². The number of terminal acetylenes is 1. The summed E-state index contributed by atoms with van der Waals surface area (Å²) in [5, 5.41) is 8.82. The van der Waals surface area contributed by atoms with Gasteiger partial charge in [0.25, 0.3) is 0 Å². The molecular formula is C8H8O. The largest absolute Gasteiger partial charge is 0.377 e. The lowest BCUT2D eigenvalue weighted by molar-refractivity contribution is 0.280. The van der Waals surface area contributed by atoms with Crippen LogP contribution in [0.3, 0.4) is 0 Å². The van der Waals surface area contributed by atoms with Gasteiger partial charge in [0, 0.05) is 0 Å². The Morgan fingerprint density at radius 1 is 1.67 bits per heavy atom. The van der Waals surface area contributed by atoms with Crippen LogP contribution in [0.4, 0.5) is 0 Å². The summed E-state index contributed by atoms with van der Waals surface area (Å²) < 4.78 is 0. The first-order chi connectivity index (χ1) is 4.31. The van der Waals surface area contributed by atoms with Gasteiger partial charge in [0.15, 0.2) is 0 Å². The molecule has 0 bridgehead atoms. The molecule has 0 saturated carbocycles. The van der Waals surface area contributed by atoms with Crippen LogP contribution in [0, 0.1) is 24.2 Å². The Morgan fingerprint density at radius 2 is 2.33 bits per heavy atom. The van der Waals surface area contributed by atoms with Crippen molar-refractivity contribution in [2.75, 3.05) is 0 Å². The highest BCUT2D eigenvalue weighted by Gasteiger charge is 1.85. The summed E-state index contributed by atoms with van der Waals surface area (Å²) in [4.78, 5) is 0. The molecule has 1 N–H and O–H groups in total. The second kappa shape index (κ2) is 4.97. The highest BCUT2D eigenvalue weighted by atomic mass is 16.3. The predicted octanol–water partition coefficient (Wildman–Crippen LogP) is 0.560. The van der Waals surface area contributed by atoms with Gasteiger partial charge in [-0.1, -0.05) is 12.0 Å². The van der Waals surface area contributed by atoms with Crippen molar-refractivity contribution in [2.45, 2.75) is 13.0 Å². The monoisotopic (exact) mass is 120 g/mol. The van der Waals surface area contributed by atoms with Crippen molar-refractivity contribution in [3.05, 3.63) is 12.2 Å². The maximum atomic E-state index is 8.82. The van der Waals surface area contributed by atoms with Gasteiger partial charge in [-0.15, -0.1) is 6.42 Å². The zero-order valence-electron chi connectivity index (χ0n) is 5.26. The fourth-order valence-corrected chi connectivity index (χ4v) is 0.346. The first kappa shape index (κ1) is 7.82. The first-order valence-electron chi connectivity index (χ1n) is 2.58. The van der Waals surface area contributed by atoms with Crippen molar-refractivity contribution >= 4 is 0 Å². The van der Waals surface area contributed by atoms with Crippen molar-refractivity contribution in [3.8, 4) is 24.2 Å². The number of hydrogen-bond acceptors (Lipinski definition) is 1. The molecule has 0 aromatic heterocycles. The molecule has 0 radical (unpaired) electrons. The SMILES string of the molecule is C#CC#CC(O)/C=C/C. The summed E-state index contributed by atoms with van der Waals surface area (Å²) in [5.74, 6) is 6.83. The molecule has 0 saturated heterocycles. The number of aliphatic hydroxyl groups is 1. The van der Waals surface area contributed by atoms with Crippen LogP contribution < -0.4 is 0 Å². The van der Waals surface area contributed by atoms with Crippen molar-refractivity contribution in [1.82, 2.24) is 0 Å². The van der Waals surface area contributed by atoms with Crippen molar-refractivity contribution < 1.29 is 5.11 Å². The molecule has 0 heterocycles. The maximum Gasteiger partial charge on any atom is 0.134 e. The highest BCUT2D eigenvalue weighted by molar-refractivity contribution is 5.25. The number of rotatable bonds is 1. The summed E-state index contributed by atoms with van der Waals surface area (Å²) in [6.45, 7) is 1.81. The van der Waals surface area contributed by atoms with E-state index in [0.717, 1.165) is 0 Å². The minimum absolute atomic E-state index is 0.717. The molecule has 0 fully saturated rings. The lowest BCUT2D eigenvalue weighted by atomic mass is 10.3. The second-order valence-electron chi connectivity index (χ2n) is 1.38. The molecule has 1 heteroatoms. The molecule has 0 aliphatic heterocycles. The zero-order chi connectivity index (χ0) is 7.11. The predicted molar refractivity (Wildman–Crippen MR) is 37.4 cm³/mol. The smallest absolute Gasteiger partial charge is 0.134 e. The van der Waals surface area contributed by atoms with Gasteiger partial charge in [-0.05, 0) is 24.8 Å². The lowest BCUT2D eigenvalue weighted by Gasteiger charge is -1.87. The van der Waals surface area contributed by atoms with Crippen LogP contribution in [-0.4, -0.2) is 11.2 Å². The van der Waals surface area contributed by atoms with Crippen LogP contribution in [0.1, 0.15) is 6.92 Å². The fourth-order valence-electron chi connectivity index (χ4n) is 0.346. The summed E-state index contributed by atoms with van der Waals surface area (Å²) in [6.07, 6.45) is 7.38. The maximum absolute atomic E-state index is 8.82. The van der Waals surface area contributed by atoms with Crippen LogP contribution >= 0.6 is 0 Å². The summed E-state index contributed by atoms with van der Waals surface area (Å²) in [5.41, 5.74) is 0. The Labute approximate surface area is 55.4 Å². The molecule has 9 heavy (non-hydrogen) atoms. The van der Waals surface area contributed by atoms with Gasteiger partial charge in [-0.2, -0.15) is 0 Å². The van der Waals surface area contributed by atoms with Gasteiger partial charge in [-0.3, -0.25) is 0 Å². The minimum atomic E-state index is -0.717. The molecule has 1 unspecified atom stereocenters. The third-order valence-electron chi connectivity index (χ3n) is 0.667. The van der Waals surface area contributed by atoms with E-state index in [1.807, 2.05) is 0 Å². The number of aliphatic hydroxyl groups excluding tert-OH is 1. The van der Waals surface area contributed by atoms with Gasteiger partial charge in [0.1, 0.15) is 6.10 Å².